The van der Waals surface area contributed by atoms with Gasteiger partial charge in [0.05, 0.1) is 11.9 Å². The summed E-state index contributed by atoms with van der Waals surface area (Å²) in [5.74, 6) is 0.498. The van der Waals surface area contributed by atoms with Crippen molar-refractivity contribution in [1.82, 2.24) is 9.78 Å². The minimum atomic E-state index is 0.0811. The van der Waals surface area contributed by atoms with Crippen molar-refractivity contribution in [2.75, 3.05) is 5.32 Å². The van der Waals surface area contributed by atoms with Crippen LogP contribution in [0, 0.1) is 5.92 Å². The molecule has 92 valence electrons. The van der Waals surface area contributed by atoms with Crippen LogP contribution in [0.3, 0.4) is 0 Å². The first-order valence-electron chi connectivity index (χ1n) is 6.27. The van der Waals surface area contributed by atoms with Crippen molar-refractivity contribution >= 4 is 11.6 Å². The second-order valence-electron chi connectivity index (χ2n) is 4.51. The van der Waals surface area contributed by atoms with Crippen molar-refractivity contribution in [2.24, 2.45) is 5.92 Å². The van der Waals surface area contributed by atoms with Gasteiger partial charge in [-0.3, -0.25) is 9.48 Å². The Labute approximate surface area is 102 Å². The van der Waals surface area contributed by atoms with E-state index < -0.39 is 0 Å². The zero-order chi connectivity index (χ0) is 12.1. The highest BCUT2D eigenvalue weighted by molar-refractivity contribution is 5.90. The van der Waals surface area contributed by atoms with Crippen LogP contribution in [0.25, 0.3) is 0 Å². The van der Waals surface area contributed by atoms with Crippen LogP contribution in [-0.2, 0) is 11.3 Å². The largest absolute Gasteiger partial charge is 0.323 e. The molecule has 1 aromatic heterocycles. The van der Waals surface area contributed by atoms with Gasteiger partial charge in [0.1, 0.15) is 0 Å². The monoisotopic (exact) mass is 233 g/mol. The fourth-order valence-corrected chi connectivity index (χ4v) is 2.09. The second kappa shape index (κ2) is 5.66. The van der Waals surface area contributed by atoms with E-state index in [-0.39, 0.29) is 5.91 Å². The van der Waals surface area contributed by atoms with E-state index in [4.69, 9.17) is 0 Å². The smallest absolute Gasteiger partial charge is 0.225 e. The number of aromatic nitrogens is 2. The first-order chi connectivity index (χ1) is 8.28. The van der Waals surface area contributed by atoms with Gasteiger partial charge in [0.15, 0.2) is 0 Å². The Kier molecular flexibility index (Phi) is 3.96. The van der Waals surface area contributed by atoms with Gasteiger partial charge in [-0.25, -0.2) is 0 Å². The van der Waals surface area contributed by atoms with Crippen molar-refractivity contribution in [3.05, 3.63) is 24.5 Å². The zero-order valence-electron chi connectivity index (χ0n) is 10.2. The van der Waals surface area contributed by atoms with Gasteiger partial charge in [0.2, 0.25) is 5.91 Å². The molecule has 1 heterocycles. The van der Waals surface area contributed by atoms with Crippen molar-refractivity contribution in [1.29, 1.82) is 0 Å². The fourth-order valence-electron chi connectivity index (χ4n) is 2.09. The molecule has 4 nitrogen and oxygen atoms in total. The summed E-state index contributed by atoms with van der Waals surface area (Å²) in [6, 6.07) is 0. The maximum Gasteiger partial charge on any atom is 0.225 e. The standard InChI is InChI=1S/C13H19N3O/c1-2-7-16-10-12(9-14-16)15-13(17)8-11-5-3-4-6-11/h3,5,9-11H,2,4,6-8H2,1H3,(H,15,17)/t11-/m0/s1. The summed E-state index contributed by atoms with van der Waals surface area (Å²) in [4.78, 5) is 11.8. The molecule has 0 aliphatic heterocycles. The number of hydrogen-bond donors (Lipinski definition) is 1. The zero-order valence-corrected chi connectivity index (χ0v) is 10.2. The van der Waals surface area contributed by atoms with Crippen molar-refractivity contribution in [3.8, 4) is 0 Å². The van der Waals surface area contributed by atoms with Crippen molar-refractivity contribution in [3.63, 3.8) is 0 Å². The van der Waals surface area contributed by atoms with Crippen LogP contribution in [0.1, 0.15) is 32.6 Å². The van der Waals surface area contributed by atoms with Gasteiger partial charge >= 0.3 is 0 Å². The van der Waals surface area contributed by atoms with Crippen molar-refractivity contribution in [2.45, 2.75) is 39.2 Å². The van der Waals surface area contributed by atoms with E-state index in [1.807, 2.05) is 10.9 Å². The molecule has 1 amide bonds. The minimum Gasteiger partial charge on any atom is -0.323 e. The summed E-state index contributed by atoms with van der Waals surface area (Å²) >= 11 is 0. The Morgan fingerprint density at radius 1 is 1.65 bits per heavy atom. The summed E-state index contributed by atoms with van der Waals surface area (Å²) in [7, 11) is 0. The summed E-state index contributed by atoms with van der Waals surface area (Å²) in [5.41, 5.74) is 0.797. The molecule has 0 fully saturated rings. The molecule has 0 radical (unpaired) electrons. The van der Waals surface area contributed by atoms with E-state index in [0.29, 0.717) is 12.3 Å². The van der Waals surface area contributed by atoms with E-state index in [0.717, 1.165) is 31.5 Å². The molecule has 2 rings (SSSR count). The van der Waals surface area contributed by atoms with Gasteiger partial charge in [0.25, 0.3) is 0 Å². The predicted octanol–water partition coefficient (Wildman–Crippen LogP) is 2.59. The molecular weight excluding hydrogens is 214 g/mol. The average molecular weight is 233 g/mol. The summed E-state index contributed by atoms with van der Waals surface area (Å²) in [6.07, 6.45) is 11.7. The van der Waals surface area contributed by atoms with Crippen molar-refractivity contribution < 1.29 is 4.79 Å². The number of nitrogens with zero attached hydrogens (tertiary/aromatic N) is 2. The van der Waals surface area contributed by atoms with Gasteiger partial charge in [-0.15, -0.1) is 0 Å². The highest BCUT2D eigenvalue weighted by atomic mass is 16.1. The third-order valence-corrected chi connectivity index (χ3v) is 2.93. The second-order valence-corrected chi connectivity index (χ2v) is 4.51. The molecule has 1 atom stereocenters. The maximum atomic E-state index is 11.8. The number of anilines is 1. The van der Waals surface area contributed by atoms with Gasteiger partial charge in [-0.05, 0) is 25.2 Å². The normalized spacial score (nSPS) is 18.5. The topological polar surface area (TPSA) is 46.9 Å². The molecule has 0 saturated carbocycles. The third-order valence-electron chi connectivity index (χ3n) is 2.93. The average Bonchev–Trinajstić information content (AvgIpc) is 2.91. The number of amides is 1. The molecule has 1 aliphatic carbocycles. The predicted molar refractivity (Wildman–Crippen MR) is 67.6 cm³/mol. The lowest BCUT2D eigenvalue weighted by Gasteiger charge is -2.06. The lowest BCUT2D eigenvalue weighted by atomic mass is 10.1. The summed E-state index contributed by atoms with van der Waals surface area (Å²) in [6.45, 7) is 2.99. The fraction of sp³-hybridized carbons (Fsp3) is 0.538. The third kappa shape index (κ3) is 3.44. The Bertz CT molecular complexity index is 409. The first-order valence-corrected chi connectivity index (χ1v) is 6.27. The van der Waals surface area contributed by atoms with Crippen LogP contribution in [0.2, 0.25) is 0 Å². The molecule has 0 spiro atoms. The number of carbonyl (C=O) groups is 1. The molecule has 1 aliphatic rings. The van der Waals surface area contributed by atoms with Gasteiger partial charge in [-0.2, -0.15) is 5.10 Å². The molecule has 0 aromatic carbocycles. The molecule has 1 aromatic rings. The number of allylic oxidation sites excluding steroid dienone is 2. The van der Waals surface area contributed by atoms with Gasteiger partial charge in [0, 0.05) is 19.2 Å². The summed E-state index contributed by atoms with van der Waals surface area (Å²) < 4.78 is 1.85. The van der Waals surface area contributed by atoms with E-state index in [2.05, 4.69) is 29.5 Å². The quantitative estimate of drug-likeness (QED) is 0.794. The Morgan fingerprint density at radius 2 is 2.53 bits per heavy atom. The van der Waals surface area contributed by atoms with E-state index in [1.54, 1.807) is 6.20 Å². The van der Waals surface area contributed by atoms with E-state index >= 15 is 0 Å². The lowest BCUT2D eigenvalue weighted by molar-refractivity contribution is -0.116. The molecule has 0 unspecified atom stereocenters. The van der Waals surface area contributed by atoms with Gasteiger partial charge < -0.3 is 5.32 Å². The SMILES string of the molecule is CCCn1cc(NC(=O)C[C@H]2C=CCC2)cn1. The maximum absolute atomic E-state index is 11.8. The van der Waals surface area contributed by atoms with Crippen LogP contribution < -0.4 is 5.32 Å². The molecule has 0 bridgehead atoms. The minimum absolute atomic E-state index is 0.0811. The van der Waals surface area contributed by atoms with E-state index in [9.17, 15) is 4.79 Å². The van der Waals surface area contributed by atoms with Crippen LogP contribution in [0.4, 0.5) is 5.69 Å². The number of nitrogens with one attached hydrogen (secondary N) is 1. The molecule has 17 heavy (non-hydrogen) atoms. The first kappa shape index (κ1) is 11.9. The lowest BCUT2D eigenvalue weighted by Crippen LogP contribution is -2.14. The molecular formula is C13H19N3O. The Morgan fingerprint density at radius 3 is 3.24 bits per heavy atom. The number of rotatable bonds is 5. The molecule has 0 saturated heterocycles. The molecule has 1 N–H and O–H groups in total. The number of aryl methyl sites for hydroxylation is 1. The Balaban J connectivity index is 1.82. The highest BCUT2D eigenvalue weighted by Crippen LogP contribution is 2.20. The van der Waals surface area contributed by atoms with Crippen LogP contribution in [-0.4, -0.2) is 15.7 Å². The Hall–Kier alpha value is -1.58. The highest BCUT2D eigenvalue weighted by Gasteiger charge is 2.14. The summed E-state index contributed by atoms with van der Waals surface area (Å²) in [5, 5.41) is 7.07. The number of hydrogen-bond acceptors (Lipinski definition) is 2. The van der Waals surface area contributed by atoms with Crippen LogP contribution in [0.5, 0.6) is 0 Å². The van der Waals surface area contributed by atoms with Crippen LogP contribution in [0.15, 0.2) is 24.5 Å². The van der Waals surface area contributed by atoms with Crippen LogP contribution >= 0.6 is 0 Å². The van der Waals surface area contributed by atoms with E-state index in [1.165, 1.54) is 0 Å². The number of carbonyl (C=O) groups excluding carboxylic acids is 1. The van der Waals surface area contributed by atoms with Gasteiger partial charge in [-0.1, -0.05) is 19.1 Å². The molecule has 4 heteroatoms.